The first-order valence-electron chi connectivity index (χ1n) is 10.3. The number of fused-ring (bicyclic) bond motifs is 1. The van der Waals surface area contributed by atoms with E-state index in [-0.39, 0.29) is 11.8 Å². The fraction of sp³-hybridized carbons (Fsp3) is 0.364. The fourth-order valence-corrected chi connectivity index (χ4v) is 5.05. The van der Waals surface area contributed by atoms with Crippen molar-refractivity contribution in [1.29, 1.82) is 0 Å². The Morgan fingerprint density at radius 3 is 2.50 bits per heavy atom. The first-order valence-corrected chi connectivity index (χ1v) is 11.9. The number of alkyl halides is 3. The van der Waals surface area contributed by atoms with Crippen LogP contribution < -0.4 is 5.32 Å². The van der Waals surface area contributed by atoms with Crippen LogP contribution in [0.2, 0.25) is 0 Å². The summed E-state index contributed by atoms with van der Waals surface area (Å²) in [6.45, 7) is 2.50. The maximum Gasteiger partial charge on any atom is 0.417 e. The van der Waals surface area contributed by atoms with Gasteiger partial charge >= 0.3 is 6.18 Å². The lowest BCUT2D eigenvalue weighted by molar-refractivity contribution is -0.137. The first kappa shape index (κ1) is 22.5. The van der Waals surface area contributed by atoms with Gasteiger partial charge in [0.05, 0.1) is 11.3 Å². The number of nitrogens with one attached hydrogen (secondary N) is 1. The third-order valence-corrected chi connectivity index (χ3v) is 7.61. The molecule has 32 heavy (non-hydrogen) atoms. The zero-order valence-electron chi connectivity index (χ0n) is 17.4. The van der Waals surface area contributed by atoms with Crippen LogP contribution in [0.3, 0.4) is 0 Å². The molecule has 0 saturated carbocycles. The van der Waals surface area contributed by atoms with Crippen molar-refractivity contribution in [3.8, 4) is 11.1 Å². The molecule has 1 saturated heterocycles. The molecule has 1 aromatic carbocycles. The lowest BCUT2D eigenvalue weighted by Gasteiger charge is -2.32. The summed E-state index contributed by atoms with van der Waals surface area (Å²) < 4.78 is 65.2. The minimum absolute atomic E-state index is 0.0385. The van der Waals surface area contributed by atoms with E-state index >= 15 is 0 Å². The summed E-state index contributed by atoms with van der Waals surface area (Å²) in [7, 11) is -3.21. The molecule has 0 bridgehead atoms. The van der Waals surface area contributed by atoms with Crippen molar-refractivity contribution >= 4 is 26.5 Å². The lowest BCUT2D eigenvalue weighted by atomic mass is 9.99. The zero-order valence-corrected chi connectivity index (χ0v) is 18.2. The molecule has 0 spiro atoms. The molecule has 170 valence electrons. The van der Waals surface area contributed by atoms with E-state index in [4.69, 9.17) is 0 Å². The van der Waals surface area contributed by atoms with E-state index in [1.165, 1.54) is 10.5 Å². The summed E-state index contributed by atoms with van der Waals surface area (Å²) in [6, 6.07) is 6.55. The van der Waals surface area contributed by atoms with Crippen molar-refractivity contribution in [2.45, 2.75) is 32.0 Å². The second kappa shape index (κ2) is 8.67. The van der Waals surface area contributed by atoms with E-state index in [0.717, 1.165) is 28.7 Å². The van der Waals surface area contributed by atoms with Crippen molar-refractivity contribution in [1.82, 2.24) is 14.3 Å². The van der Waals surface area contributed by atoms with Gasteiger partial charge in [-0.25, -0.2) is 12.7 Å². The SMILES string of the molecule is CCS(=O)(=O)N1CCC(Nc2cc(-c3cncc(C(F)(F)F)c3)cc3ccncc23)CC1. The third kappa shape index (κ3) is 4.71. The molecule has 2 aromatic heterocycles. The van der Waals surface area contributed by atoms with Crippen molar-refractivity contribution in [2.75, 3.05) is 24.2 Å². The van der Waals surface area contributed by atoms with Crippen LogP contribution in [0.25, 0.3) is 21.9 Å². The normalized spacial score (nSPS) is 16.4. The van der Waals surface area contributed by atoms with Gasteiger partial charge in [0.25, 0.3) is 0 Å². The third-order valence-electron chi connectivity index (χ3n) is 5.73. The van der Waals surface area contributed by atoms with E-state index in [2.05, 4.69) is 15.3 Å². The Kier molecular flexibility index (Phi) is 6.09. The number of nitrogens with zero attached hydrogens (tertiary/aromatic N) is 3. The maximum atomic E-state index is 13.2. The Morgan fingerprint density at radius 1 is 1.06 bits per heavy atom. The number of halogens is 3. The van der Waals surface area contributed by atoms with Crippen LogP contribution in [0.15, 0.2) is 49.1 Å². The summed E-state index contributed by atoms with van der Waals surface area (Å²) >= 11 is 0. The molecular formula is C22H23F3N4O2S. The predicted molar refractivity (Wildman–Crippen MR) is 118 cm³/mol. The van der Waals surface area contributed by atoms with Crippen LogP contribution >= 0.6 is 0 Å². The zero-order chi connectivity index (χ0) is 22.9. The molecule has 1 aliphatic rings. The number of piperidine rings is 1. The molecule has 10 heteroatoms. The van der Waals surface area contributed by atoms with Crippen molar-refractivity contribution in [3.63, 3.8) is 0 Å². The molecule has 0 amide bonds. The predicted octanol–water partition coefficient (Wildman–Crippen LogP) is 4.54. The number of hydrogen-bond acceptors (Lipinski definition) is 5. The van der Waals surface area contributed by atoms with E-state index < -0.39 is 21.8 Å². The molecule has 3 heterocycles. The van der Waals surface area contributed by atoms with E-state index in [0.29, 0.717) is 37.1 Å². The summed E-state index contributed by atoms with van der Waals surface area (Å²) in [5.74, 6) is 0.0778. The van der Waals surface area contributed by atoms with Crippen LogP contribution in [-0.2, 0) is 16.2 Å². The van der Waals surface area contributed by atoms with E-state index in [1.54, 1.807) is 25.4 Å². The van der Waals surface area contributed by atoms with Gasteiger partial charge in [-0.05, 0) is 55.0 Å². The Hall–Kier alpha value is -2.72. The topological polar surface area (TPSA) is 75.2 Å². The molecule has 0 radical (unpaired) electrons. The van der Waals surface area contributed by atoms with Gasteiger partial charge in [0.15, 0.2) is 0 Å². The molecule has 6 nitrogen and oxygen atoms in total. The number of pyridine rings is 2. The highest BCUT2D eigenvalue weighted by Crippen LogP contribution is 2.35. The van der Waals surface area contributed by atoms with Gasteiger partial charge in [-0.2, -0.15) is 13.2 Å². The smallest absolute Gasteiger partial charge is 0.382 e. The number of rotatable bonds is 5. The highest BCUT2D eigenvalue weighted by molar-refractivity contribution is 7.89. The van der Waals surface area contributed by atoms with Gasteiger partial charge in [0, 0.05) is 60.6 Å². The monoisotopic (exact) mass is 464 g/mol. The summed E-state index contributed by atoms with van der Waals surface area (Å²) in [6.07, 6.45) is 2.36. The number of aromatic nitrogens is 2. The van der Waals surface area contributed by atoms with Crippen molar-refractivity contribution in [2.24, 2.45) is 0 Å². The highest BCUT2D eigenvalue weighted by Gasteiger charge is 2.31. The van der Waals surface area contributed by atoms with E-state index in [9.17, 15) is 21.6 Å². The molecule has 0 aliphatic carbocycles. The minimum Gasteiger partial charge on any atom is -0.382 e. The quantitative estimate of drug-likeness (QED) is 0.600. The first-order chi connectivity index (χ1) is 15.2. The fourth-order valence-electron chi connectivity index (χ4n) is 3.92. The lowest BCUT2D eigenvalue weighted by Crippen LogP contribution is -2.42. The molecule has 1 fully saturated rings. The van der Waals surface area contributed by atoms with Crippen LogP contribution in [0.5, 0.6) is 0 Å². The summed E-state index contributed by atoms with van der Waals surface area (Å²) in [5.41, 5.74) is 0.921. The average molecular weight is 465 g/mol. The Balaban J connectivity index is 1.64. The molecular weight excluding hydrogens is 441 g/mol. The van der Waals surface area contributed by atoms with Gasteiger partial charge in [-0.1, -0.05) is 0 Å². The molecule has 0 unspecified atom stereocenters. The molecule has 4 rings (SSSR count). The second-order valence-electron chi connectivity index (χ2n) is 7.80. The van der Waals surface area contributed by atoms with Crippen LogP contribution in [0.4, 0.5) is 18.9 Å². The molecule has 3 aromatic rings. The largest absolute Gasteiger partial charge is 0.417 e. The summed E-state index contributed by atoms with van der Waals surface area (Å²) in [4.78, 5) is 7.96. The van der Waals surface area contributed by atoms with Gasteiger partial charge in [-0.3, -0.25) is 9.97 Å². The number of benzene rings is 1. The standard InChI is InChI=1S/C22H23F3N4O2S/c1-2-32(30,31)29-7-4-19(5-8-29)28-21-11-16(9-15-3-6-26-14-20(15)21)17-10-18(13-27-12-17)22(23,24)25/h3,6,9-14,19,28H,2,4-5,7-8H2,1H3. The van der Waals surface area contributed by atoms with Gasteiger partial charge in [0.1, 0.15) is 0 Å². The van der Waals surface area contributed by atoms with Gasteiger partial charge in [-0.15, -0.1) is 0 Å². The second-order valence-corrected chi connectivity index (χ2v) is 10.1. The Bertz CT molecular complexity index is 1220. The van der Waals surface area contributed by atoms with Crippen molar-refractivity contribution in [3.05, 3.63) is 54.6 Å². The Morgan fingerprint density at radius 2 is 1.81 bits per heavy atom. The number of sulfonamides is 1. The van der Waals surface area contributed by atoms with Crippen LogP contribution in [0, 0.1) is 0 Å². The van der Waals surface area contributed by atoms with Crippen LogP contribution in [0.1, 0.15) is 25.3 Å². The summed E-state index contributed by atoms with van der Waals surface area (Å²) in [5, 5.41) is 5.15. The van der Waals surface area contributed by atoms with Gasteiger partial charge in [0.2, 0.25) is 10.0 Å². The highest BCUT2D eigenvalue weighted by atomic mass is 32.2. The van der Waals surface area contributed by atoms with E-state index in [1.807, 2.05) is 12.1 Å². The number of anilines is 1. The minimum atomic E-state index is -4.47. The maximum absolute atomic E-state index is 13.2. The molecule has 0 atom stereocenters. The van der Waals surface area contributed by atoms with Gasteiger partial charge < -0.3 is 5.32 Å². The molecule has 1 aliphatic heterocycles. The van der Waals surface area contributed by atoms with Crippen molar-refractivity contribution < 1.29 is 21.6 Å². The molecule has 1 N–H and O–H groups in total. The van der Waals surface area contributed by atoms with Crippen LogP contribution in [-0.4, -0.2) is 47.6 Å². The average Bonchev–Trinajstić information content (AvgIpc) is 2.79. The Labute approximate surface area is 184 Å². The number of hydrogen-bond donors (Lipinski definition) is 1.